The fraction of sp³-hybridized carbons (Fsp3) is 0.440. The summed E-state index contributed by atoms with van der Waals surface area (Å²) < 4.78 is 10.9. The Balaban J connectivity index is 1.96. The number of benzene rings is 2. The summed E-state index contributed by atoms with van der Waals surface area (Å²) in [5.74, 6) is 1.57. The lowest BCUT2D eigenvalue weighted by Crippen LogP contribution is -2.48. The van der Waals surface area contributed by atoms with Crippen LogP contribution < -0.4 is 14.8 Å². The van der Waals surface area contributed by atoms with E-state index < -0.39 is 6.04 Å². The first-order valence-electron chi connectivity index (χ1n) is 10.9. The minimum absolute atomic E-state index is 0.0922. The summed E-state index contributed by atoms with van der Waals surface area (Å²) in [5, 5.41) is 3.55. The van der Waals surface area contributed by atoms with Crippen LogP contribution in [0.15, 0.2) is 48.5 Å². The van der Waals surface area contributed by atoms with Crippen molar-refractivity contribution >= 4 is 23.4 Å². The van der Waals surface area contributed by atoms with Gasteiger partial charge in [-0.1, -0.05) is 37.6 Å². The average molecular weight is 461 g/mol. The van der Waals surface area contributed by atoms with Crippen molar-refractivity contribution in [3.8, 4) is 11.5 Å². The molecule has 0 heterocycles. The van der Waals surface area contributed by atoms with Crippen LogP contribution in [0.5, 0.6) is 11.5 Å². The van der Waals surface area contributed by atoms with E-state index in [4.69, 9.17) is 21.1 Å². The minimum Gasteiger partial charge on any atom is -0.497 e. The molecule has 2 aromatic rings. The molecule has 6 nitrogen and oxygen atoms in total. The van der Waals surface area contributed by atoms with Crippen LogP contribution in [0.4, 0.5) is 0 Å². The molecule has 0 aliphatic heterocycles. The molecular weight excluding hydrogens is 428 g/mol. The second-order valence-corrected chi connectivity index (χ2v) is 8.53. The van der Waals surface area contributed by atoms with Crippen molar-refractivity contribution in [3.63, 3.8) is 0 Å². The van der Waals surface area contributed by atoms with Crippen LogP contribution in [0.25, 0.3) is 0 Å². The summed E-state index contributed by atoms with van der Waals surface area (Å²) >= 11 is 5.98. The van der Waals surface area contributed by atoms with E-state index in [1.165, 1.54) is 0 Å². The predicted octanol–water partition coefficient (Wildman–Crippen LogP) is 4.70. The molecule has 0 spiro atoms. The van der Waals surface area contributed by atoms with Gasteiger partial charge in [0.2, 0.25) is 11.8 Å². The van der Waals surface area contributed by atoms with Crippen molar-refractivity contribution in [1.29, 1.82) is 0 Å². The Hall–Kier alpha value is -2.73. The van der Waals surface area contributed by atoms with Crippen molar-refractivity contribution < 1.29 is 19.1 Å². The van der Waals surface area contributed by atoms with Crippen molar-refractivity contribution in [2.24, 2.45) is 5.92 Å². The van der Waals surface area contributed by atoms with Crippen LogP contribution in [0.3, 0.4) is 0 Å². The minimum atomic E-state index is -0.584. The molecule has 0 aromatic heterocycles. The van der Waals surface area contributed by atoms with Crippen LogP contribution >= 0.6 is 11.6 Å². The third-order valence-electron chi connectivity index (χ3n) is 4.98. The molecule has 0 radical (unpaired) electrons. The number of halogens is 1. The highest BCUT2D eigenvalue weighted by Crippen LogP contribution is 2.18. The monoisotopic (exact) mass is 460 g/mol. The maximum Gasteiger partial charge on any atom is 0.242 e. The summed E-state index contributed by atoms with van der Waals surface area (Å²) in [5.41, 5.74) is 0.917. The Morgan fingerprint density at radius 1 is 1.00 bits per heavy atom. The number of carbonyl (C=O) groups is 2. The lowest BCUT2D eigenvalue weighted by molar-refractivity contribution is -0.140. The smallest absolute Gasteiger partial charge is 0.242 e. The molecule has 2 aromatic carbocycles. The molecule has 0 aliphatic carbocycles. The summed E-state index contributed by atoms with van der Waals surface area (Å²) in [6.07, 6.45) is 0.827. The number of amides is 2. The highest BCUT2D eigenvalue weighted by atomic mass is 35.5. The van der Waals surface area contributed by atoms with Gasteiger partial charge in [-0.05, 0) is 61.2 Å². The first-order valence-corrected chi connectivity index (χ1v) is 11.3. The molecule has 0 unspecified atom stereocenters. The normalized spacial score (nSPS) is 11.7. The summed E-state index contributed by atoms with van der Waals surface area (Å²) in [6, 6.07) is 14.0. The molecule has 1 atom stereocenters. The van der Waals surface area contributed by atoms with Crippen LogP contribution in [0, 0.1) is 5.92 Å². The molecule has 0 bridgehead atoms. The van der Waals surface area contributed by atoms with Gasteiger partial charge in [0.1, 0.15) is 17.5 Å². The van der Waals surface area contributed by atoms with E-state index in [0.29, 0.717) is 37.1 Å². The number of rotatable bonds is 12. The molecule has 0 aliphatic rings. The van der Waals surface area contributed by atoms with E-state index in [2.05, 4.69) is 5.32 Å². The van der Waals surface area contributed by atoms with E-state index in [1.807, 2.05) is 50.2 Å². The number of ether oxygens (including phenoxy) is 2. The topological polar surface area (TPSA) is 67.9 Å². The molecule has 0 saturated carbocycles. The van der Waals surface area contributed by atoms with Gasteiger partial charge in [-0.3, -0.25) is 9.59 Å². The van der Waals surface area contributed by atoms with E-state index in [0.717, 1.165) is 17.1 Å². The number of hydrogen-bond acceptors (Lipinski definition) is 4. The second kappa shape index (κ2) is 13.0. The van der Waals surface area contributed by atoms with Gasteiger partial charge in [0.05, 0.1) is 13.7 Å². The molecular formula is C25H33ClN2O4. The molecule has 0 saturated heterocycles. The molecule has 174 valence electrons. The van der Waals surface area contributed by atoms with Crippen LogP contribution in [-0.4, -0.2) is 43.0 Å². The highest BCUT2D eigenvalue weighted by molar-refractivity contribution is 6.30. The van der Waals surface area contributed by atoms with Crippen molar-refractivity contribution in [3.05, 3.63) is 59.1 Å². The highest BCUT2D eigenvalue weighted by Gasteiger charge is 2.25. The molecule has 2 rings (SSSR count). The Labute approximate surface area is 195 Å². The maximum absolute atomic E-state index is 13.0. The number of methoxy groups -OCH3 is 1. The fourth-order valence-corrected chi connectivity index (χ4v) is 3.18. The van der Waals surface area contributed by atoms with Gasteiger partial charge in [-0.15, -0.1) is 0 Å². The zero-order valence-electron chi connectivity index (χ0n) is 19.3. The van der Waals surface area contributed by atoms with E-state index >= 15 is 0 Å². The molecule has 0 fully saturated rings. The first kappa shape index (κ1) is 25.5. The predicted molar refractivity (Wildman–Crippen MR) is 127 cm³/mol. The van der Waals surface area contributed by atoms with E-state index in [9.17, 15) is 9.59 Å². The lowest BCUT2D eigenvalue weighted by Gasteiger charge is -2.29. The number of hydrogen-bond donors (Lipinski definition) is 1. The second-order valence-electron chi connectivity index (χ2n) is 8.09. The fourth-order valence-electron chi connectivity index (χ4n) is 3.05. The van der Waals surface area contributed by atoms with Crippen LogP contribution in [0.1, 0.15) is 39.2 Å². The van der Waals surface area contributed by atoms with Gasteiger partial charge in [0.25, 0.3) is 0 Å². The van der Waals surface area contributed by atoms with Gasteiger partial charge >= 0.3 is 0 Å². The zero-order chi connectivity index (χ0) is 23.5. The average Bonchev–Trinajstić information content (AvgIpc) is 2.79. The number of nitrogens with zero attached hydrogens (tertiary/aromatic N) is 1. The third kappa shape index (κ3) is 8.42. The van der Waals surface area contributed by atoms with Gasteiger partial charge in [-0.2, -0.15) is 0 Å². The van der Waals surface area contributed by atoms with Gasteiger partial charge in [-0.25, -0.2) is 0 Å². The Bertz CT molecular complexity index is 853. The van der Waals surface area contributed by atoms with Gasteiger partial charge in [0.15, 0.2) is 0 Å². The summed E-state index contributed by atoms with van der Waals surface area (Å²) in [4.78, 5) is 27.3. The quantitative estimate of drug-likeness (QED) is 0.466. The Kier molecular flexibility index (Phi) is 10.3. The molecule has 7 heteroatoms. The van der Waals surface area contributed by atoms with Gasteiger partial charge in [0, 0.05) is 24.5 Å². The van der Waals surface area contributed by atoms with Crippen molar-refractivity contribution in [1.82, 2.24) is 10.2 Å². The Morgan fingerprint density at radius 2 is 1.62 bits per heavy atom. The largest absolute Gasteiger partial charge is 0.497 e. The molecule has 2 amide bonds. The third-order valence-corrected chi connectivity index (χ3v) is 5.23. The van der Waals surface area contributed by atoms with Crippen LogP contribution in [0.2, 0.25) is 5.02 Å². The lowest BCUT2D eigenvalue weighted by atomic mass is 10.1. The maximum atomic E-state index is 13.0. The zero-order valence-corrected chi connectivity index (χ0v) is 20.0. The van der Waals surface area contributed by atoms with Crippen molar-refractivity contribution in [2.45, 2.75) is 46.2 Å². The number of carbonyl (C=O) groups excluding carboxylic acids is 2. The summed E-state index contributed by atoms with van der Waals surface area (Å²) in [6.45, 7) is 7.14. The first-order chi connectivity index (χ1) is 15.3. The molecule has 1 N–H and O–H groups in total. The number of nitrogens with one attached hydrogen (secondary N) is 1. The standard InChI is InChI=1S/C25H33ClN2O4/c1-18(2)16-27-25(30)19(3)28(17-20-7-9-21(26)10-8-20)24(29)6-5-15-32-23-13-11-22(31-4)12-14-23/h7-14,18-19H,5-6,15-17H2,1-4H3,(H,27,30)/t19-/m1/s1. The van der Waals surface area contributed by atoms with Crippen LogP contribution in [-0.2, 0) is 16.1 Å². The van der Waals surface area contributed by atoms with E-state index in [-0.39, 0.29) is 18.2 Å². The Morgan fingerprint density at radius 3 is 2.22 bits per heavy atom. The molecule has 32 heavy (non-hydrogen) atoms. The summed E-state index contributed by atoms with van der Waals surface area (Å²) in [7, 11) is 1.61. The SMILES string of the molecule is COc1ccc(OCCCC(=O)N(Cc2ccc(Cl)cc2)[C@H](C)C(=O)NCC(C)C)cc1. The van der Waals surface area contributed by atoms with Crippen molar-refractivity contribution in [2.75, 3.05) is 20.3 Å². The van der Waals surface area contributed by atoms with E-state index in [1.54, 1.807) is 31.1 Å². The van der Waals surface area contributed by atoms with Gasteiger partial charge < -0.3 is 19.7 Å².